The number of rotatable bonds is 4. The molecule has 0 aliphatic carbocycles. The predicted molar refractivity (Wildman–Crippen MR) is 34.1 cm³/mol. The van der Waals surface area contributed by atoms with E-state index >= 15 is 0 Å². The summed E-state index contributed by atoms with van der Waals surface area (Å²) in [5.74, 6) is 0. The maximum absolute atomic E-state index is 8.24. The Balaban J connectivity index is 2.83. The maximum Gasteiger partial charge on any atom is 0.0508 e. The predicted octanol–water partition coefficient (Wildman–Crippen LogP) is -0.602. The van der Waals surface area contributed by atoms with Crippen LogP contribution in [0.2, 0.25) is 0 Å². The Morgan fingerprint density at radius 3 is 2.88 bits per heavy atom. The normalized spacial score (nSPS) is 10.8. The number of hydrogen-bond donors (Lipinski definition) is 2. The van der Waals surface area contributed by atoms with Gasteiger partial charge in [0.15, 0.2) is 0 Å². The second kappa shape index (κ2) is 6.59. The molecule has 0 amide bonds. The molecule has 0 radical (unpaired) electrons. The minimum Gasteiger partial charge on any atom is -0.396 e. The summed E-state index contributed by atoms with van der Waals surface area (Å²) in [6.07, 6.45) is 2.33. The maximum atomic E-state index is 8.24. The summed E-state index contributed by atoms with van der Waals surface area (Å²) in [6.45, 7) is 1.43. The number of nitrogens with two attached hydrogens (primary N) is 1. The fourth-order valence-electron chi connectivity index (χ4n) is 0.315. The van der Waals surface area contributed by atoms with E-state index in [1.807, 2.05) is 0 Å². The lowest BCUT2D eigenvalue weighted by molar-refractivity contribution is 0.308. The van der Waals surface area contributed by atoms with Crippen LogP contribution in [0.25, 0.3) is 0 Å². The van der Waals surface area contributed by atoms with Crippen molar-refractivity contribution in [1.82, 2.24) is 0 Å². The van der Waals surface area contributed by atoms with E-state index in [9.17, 15) is 0 Å². The van der Waals surface area contributed by atoms with Crippen molar-refractivity contribution in [1.29, 1.82) is 0 Å². The number of hydrogen-bond acceptors (Lipinski definition) is 3. The van der Waals surface area contributed by atoms with Gasteiger partial charge in [0.05, 0.1) is 6.54 Å². The molecule has 48 valence electrons. The highest BCUT2D eigenvalue weighted by atomic mass is 16.2. The summed E-state index contributed by atoms with van der Waals surface area (Å²) in [4.78, 5) is 3.87. The molecule has 0 saturated heterocycles. The number of nitrogens with zero attached hydrogens (tertiary/aromatic N) is 1. The van der Waals surface area contributed by atoms with E-state index in [2.05, 4.69) is 4.99 Å². The summed E-state index contributed by atoms with van der Waals surface area (Å²) in [6, 6.07) is 0. The van der Waals surface area contributed by atoms with Gasteiger partial charge in [0.25, 0.3) is 0 Å². The van der Waals surface area contributed by atoms with Gasteiger partial charge in [0.1, 0.15) is 0 Å². The molecule has 0 aromatic carbocycles. The summed E-state index contributed by atoms with van der Waals surface area (Å²) in [5, 5.41) is 8.24. The van der Waals surface area contributed by atoms with Gasteiger partial charge in [-0.05, 0) is 0 Å². The molecule has 0 rings (SSSR count). The van der Waals surface area contributed by atoms with Crippen molar-refractivity contribution in [3.05, 3.63) is 0 Å². The Kier molecular flexibility index (Phi) is 6.25. The lowest BCUT2D eigenvalue weighted by Gasteiger charge is -1.84. The minimum absolute atomic E-state index is 0.175. The molecule has 0 heterocycles. The molecule has 0 unspecified atom stereocenters. The number of aliphatic hydroxyl groups is 1. The first-order valence-electron chi connectivity index (χ1n) is 2.71. The lowest BCUT2D eigenvalue weighted by atomic mass is 10.5. The molecule has 0 saturated carbocycles. The third kappa shape index (κ3) is 5.59. The summed E-state index contributed by atoms with van der Waals surface area (Å²) < 4.78 is 0. The Morgan fingerprint density at radius 2 is 2.38 bits per heavy atom. The molecule has 3 nitrogen and oxygen atoms in total. The molecule has 0 aromatic rings. The zero-order valence-corrected chi connectivity index (χ0v) is 4.88. The monoisotopic (exact) mass is 116 g/mol. The highest BCUT2D eigenvalue weighted by Crippen LogP contribution is 1.69. The van der Waals surface area contributed by atoms with E-state index < -0.39 is 0 Å². The minimum atomic E-state index is 0.175. The van der Waals surface area contributed by atoms with Crippen LogP contribution >= 0.6 is 0 Å². The van der Waals surface area contributed by atoms with E-state index in [4.69, 9.17) is 10.8 Å². The van der Waals surface area contributed by atoms with Crippen molar-refractivity contribution < 1.29 is 5.11 Å². The van der Waals surface area contributed by atoms with Gasteiger partial charge in [0.2, 0.25) is 0 Å². The standard InChI is InChI=1S/C5H12N2O/c6-2-4-7-3-1-5-8/h3,8H,1-2,4-6H2/b7-3+. The molecule has 0 aromatic heterocycles. The first kappa shape index (κ1) is 7.59. The fraction of sp³-hybridized carbons (Fsp3) is 0.800. The summed E-state index contributed by atoms with van der Waals surface area (Å²) in [5.41, 5.74) is 5.13. The molecular formula is C5H12N2O. The van der Waals surface area contributed by atoms with Crippen LogP contribution in [0.1, 0.15) is 6.42 Å². The van der Waals surface area contributed by atoms with Gasteiger partial charge in [-0.2, -0.15) is 0 Å². The topological polar surface area (TPSA) is 58.6 Å². The van der Waals surface area contributed by atoms with Gasteiger partial charge < -0.3 is 10.8 Å². The fourth-order valence-corrected chi connectivity index (χ4v) is 0.315. The van der Waals surface area contributed by atoms with Crippen LogP contribution in [0, 0.1) is 0 Å². The van der Waals surface area contributed by atoms with Crippen LogP contribution in [0.4, 0.5) is 0 Å². The SMILES string of the molecule is NCC/N=C/CCO. The van der Waals surface area contributed by atoms with Gasteiger partial charge in [0, 0.05) is 25.8 Å². The third-order valence-corrected chi connectivity index (χ3v) is 0.645. The Morgan fingerprint density at radius 1 is 1.62 bits per heavy atom. The molecule has 3 heteroatoms. The molecule has 0 spiro atoms. The van der Waals surface area contributed by atoms with Gasteiger partial charge in [-0.1, -0.05) is 0 Å². The second-order valence-corrected chi connectivity index (χ2v) is 1.39. The molecule has 0 bridgehead atoms. The van der Waals surface area contributed by atoms with Crippen molar-refractivity contribution in [2.24, 2.45) is 10.7 Å². The molecule has 3 N–H and O–H groups in total. The van der Waals surface area contributed by atoms with Crippen molar-refractivity contribution >= 4 is 6.21 Å². The van der Waals surface area contributed by atoms with Crippen LogP contribution in [0.5, 0.6) is 0 Å². The lowest BCUT2D eigenvalue weighted by Crippen LogP contribution is -2.02. The van der Waals surface area contributed by atoms with E-state index in [0.717, 1.165) is 0 Å². The van der Waals surface area contributed by atoms with Crippen molar-refractivity contribution in [3.63, 3.8) is 0 Å². The van der Waals surface area contributed by atoms with E-state index in [-0.39, 0.29) is 6.61 Å². The number of aliphatic imine (C=N–C) groups is 1. The smallest absolute Gasteiger partial charge is 0.0508 e. The van der Waals surface area contributed by atoms with Crippen LogP contribution in [0.15, 0.2) is 4.99 Å². The Bertz CT molecular complexity index is 55.4. The third-order valence-electron chi connectivity index (χ3n) is 0.645. The quantitative estimate of drug-likeness (QED) is 0.482. The van der Waals surface area contributed by atoms with Crippen molar-refractivity contribution in [2.75, 3.05) is 19.7 Å². The largest absolute Gasteiger partial charge is 0.396 e. The van der Waals surface area contributed by atoms with E-state index in [1.54, 1.807) is 6.21 Å². The zero-order valence-electron chi connectivity index (χ0n) is 4.88. The van der Waals surface area contributed by atoms with Crippen molar-refractivity contribution in [3.8, 4) is 0 Å². The van der Waals surface area contributed by atoms with E-state index in [1.165, 1.54) is 0 Å². The van der Waals surface area contributed by atoms with Gasteiger partial charge in [-0.15, -0.1) is 0 Å². The molecule has 0 aliphatic rings. The Labute approximate surface area is 49.2 Å². The first-order valence-corrected chi connectivity index (χ1v) is 2.71. The first-order chi connectivity index (χ1) is 3.91. The summed E-state index contributed by atoms with van der Waals surface area (Å²) >= 11 is 0. The number of aliphatic hydroxyl groups excluding tert-OH is 1. The van der Waals surface area contributed by atoms with Gasteiger partial charge in [-0.25, -0.2) is 0 Å². The second-order valence-electron chi connectivity index (χ2n) is 1.39. The van der Waals surface area contributed by atoms with Crippen LogP contribution in [-0.2, 0) is 0 Å². The molecule has 0 atom stereocenters. The van der Waals surface area contributed by atoms with Gasteiger partial charge in [-0.3, -0.25) is 4.99 Å². The van der Waals surface area contributed by atoms with Crippen LogP contribution in [0.3, 0.4) is 0 Å². The molecule has 0 aliphatic heterocycles. The van der Waals surface area contributed by atoms with Crippen molar-refractivity contribution in [2.45, 2.75) is 6.42 Å². The highest BCUT2D eigenvalue weighted by Gasteiger charge is 1.73. The highest BCUT2D eigenvalue weighted by molar-refractivity contribution is 5.57. The van der Waals surface area contributed by atoms with Gasteiger partial charge >= 0.3 is 0 Å². The average Bonchev–Trinajstić information content (AvgIpc) is 1.81. The Hall–Kier alpha value is -0.410. The summed E-state index contributed by atoms with van der Waals surface area (Å²) in [7, 11) is 0. The van der Waals surface area contributed by atoms with Crippen LogP contribution in [-0.4, -0.2) is 31.0 Å². The average molecular weight is 116 g/mol. The molecule has 0 fully saturated rings. The zero-order chi connectivity index (χ0) is 6.24. The van der Waals surface area contributed by atoms with E-state index in [0.29, 0.717) is 19.5 Å². The molecule has 8 heavy (non-hydrogen) atoms. The molecular weight excluding hydrogens is 104 g/mol. The van der Waals surface area contributed by atoms with Crippen LogP contribution < -0.4 is 5.73 Å².